The summed E-state index contributed by atoms with van der Waals surface area (Å²) >= 11 is 6.72. The maximum atomic E-state index is 12.9. The number of hydrogen-bond acceptors (Lipinski definition) is 2. The van der Waals surface area contributed by atoms with Crippen LogP contribution in [0, 0.1) is 5.92 Å². The van der Waals surface area contributed by atoms with Gasteiger partial charge in [0.05, 0.1) is 4.90 Å². The molecule has 21 heavy (non-hydrogen) atoms. The van der Waals surface area contributed by atoms with Gasteiger partial charge in [-0.15, -0.1) is 0 Å². The summed E-state index contributed by atoms with van der Waals surface area (Å²) in [6.07, 6.45) is 5.44. The highest BCUT2D eigenvalue weighted by atomic mass is 79.9. The van der Waals surface area contributed by atoms with Crippen LogP contribution < -0.4 is 0 Å². The Hall–Kier alpha value is 0.0900. The first kappa shape index (κ1) is 17.4. The van der Waals surface area contributed by atoms with E-state index in [0.29, 0.717) is 28.4 Å². The summed E-state index contributed by atoms with van der Waals surface area (Å²) in [4.78, 5) is 0.353. The highest BCUT2D eigenvalue weighted by Crippen LogP contribution is 2.31. The molecule has 1 fully saturated rings. The van der Waals surface area contributed by atoms with E-state index in [9.17, 15) is 8.42 Å². The third-order valence-corrected chi connectivity index (χ3v) is 7.40. The molecule has 3 nitrogen and oxygen atoms in total. The minimum absolute atomic E-state index is 0.353. The molecule has 1 saturated heterocycles. The van der Waals surface area contributed by atoms with E-state index in [0.717, 1.165) is 23.7 Å². The normalized spacial score (nSPS) is 21.2. The van der Waals surface area contributed by atoms with E-state index in [1.165, 1.54) is 12.8 Å². The van der Waals surface area contributed by atoms with E-state index in [4.69, 9.17) is 0 Å². The van der Waals surface area contributed by atoms with Gasteiger partial charge in [0.15, 0.2) is 0 Å². The predicted molar refractivity (Wildman–Crippen MR) is 92.8 cm³/mol. The van der Waals surface area contributed by atoms with E-state index >= 15 is 0 Å². The molecular formula is C15H21Br2NO2S. The molecule has 6 heteroatoms. The Morgan fingerprint density at radius 3 is 2.71 bits per heavy atom. The van der Waals surface area contributed by atoms with E-state index in [-0.39, 0.29) is 0 Å². The molecule has 1 atom stereocenters. The lowest BCUT2D eigenvalue weighted by Crippen LogP contribution is -2.32. The molecule has 0 amide bonds. The predicted octanol–water partition coefficient (Wildman–Crippen LogP) is 4.80. The van der Waals surface area contributed by atoms with E-state index in [1.807, 2.05) is 6.07 Å². The minimum Gasteiger partial charge on any atom is -0.207 e. The number of rotatable bonds is 4. The summed E-state index contributed by atoms with van der Waals surface area (Å²) in [5, 5.41) is 0. The molecule has 1 aromatic rings. The van der Waals surface area contributed by atoms with Crippen molar-refractivity contribution in [1.29, 1.82) is 0 Å². The second-order valence-electron chi connectivity index (χ2n) is 5.56. The third kappa shape index (κ3) is 4.30. The van der Waals surface area contributed by atoms with Gasteiger partial charge in [-0.2, -0.15) is 4.31 Å². The largest absolute Gasteiger partial charge is 0.244 e. The first-order chi connectivity index (χ1) is 9.95. The van der Waals surface area contributed by atoms with Gasteiger partial charge in [0, 0.05) is 22.0 Å². The minimum atomic E-state index is -3.42. The van der Waals surface area contributed by atoms with Gasteiger partial charge >= 0.3 is 0 Å². The van der Waals surface area contributed by atoms with Crippen molar-refractivity contribution in [1.82, 2.24) is 4.31 Å². The molecule has 1 aliphatic rings. The number of nitrogens with zero attached hydrogens (tertiary/aromatic N) is 1. The second-order valence-corrected chi connectivity index (χ2v) is 9.24. The van der Waals surface area contributed by atoms with Crippen molar-refractivity contribution in [3.8, 4) is 0 Å². The smallest absolute Gasteiger partial charge is 0.207 e. The third-order valence-electron chi connectivity index (χ3n) is 4.01. The topological polar surface area (TPSA) is 37.4 Å². The van der Waals surface area contributed by atoms with Crippen molar-refractivity contribution >= 4 is 41.9 Å². The summed E-state index contributed by atoms with van der Waals surface area (Å²) in [5.74, 6) is 0.668. The maximum Gasteiger partial charge on any atom is 0.244 e. The fourth-order valence-corrected chi connectivity index (χ4v) is 5.85. The molecule has 0 saturated carbocycles. The van der Waals surface area contributed by atoms with Gasteiger partial charge in [0.25, 0.3) is 0 Å². The molecule has 1 aromatic carbocycles. The van der Waals surface area contributed by atoms with E-state index < -0.39 is 10.0 Å². The van der Waals surface area contributed by atoms with Gasteiger partial charge in [0.1, 0.15) is 0 Å². The van der Waals surface area contributed by atoms with E-state index in [1.54, 1.807) is 16.4 Å². The van der Waals surface area contributed by atoms with Crippen LogP contribution in [0.25, 0.3) is 0 Å². The SMILES string of the molecule is CCCC1CCCN(S(=O)(=O)c2cc(Br)ccc2Br)CC1. The Kier molecular flexibility index (Phi) is 6.29. The van der Waals surface area contributed by atoms with Crippen molar-refractivity contribution < 1.29 is 8.42 Å². The van der Waals surface area contributed by atoms with Gasteiger partial charge in [-0.05, 0) is 59.3 Å². The zero-order valence-corrected chi connectivity index (χ0v) is 16.2. The quantitative estimate of drug-likeness (QED) is 0.676. The van der Waals surface area contributed by atoms with Crippen LogP contribution in [0.5, 0.6) is 0 Å². The average Bonchev–Trinajstić information content (AvgIpc) is 2.68. The zero-order valence-electron chi connectivity index (χ0n) is 12.2. The average molecular weight is 439 g/mol. The van der Waals surface area contributed by atoms with Gasteiger partial charge < -0.3 is 0 Å². The van der Waals surface area contributed by atoms with Crippen LogP contribution in [0.2, 0.25) is 0 Å². The highest BCUT2D eigenvalue weighted by molar-refractivity contribution is 9.11. The van der Waals surface area contributed by atoms with Crippen molar-refractivity contribution in [2.24, 2.45) is 5.92 Å². The lowest BCUT2D eigenvalue weighted by molar-refractivity contribution is 0.400. The molecule has 0 aliphatic carbocycles. The van der Waals surface area contributed by atoms with Gasteiger partial charge in [-0.1, -0.05) is 35.7 Å². The molecular weight excluding hydrogens is 418 g/mol. The summed E-state index contributed by atoms with van der Waals surface area (Å²) in [7, 11) is -3.42. The van der Waals surface area contributed by atoms with Crippen LogP contribution in [0.15, 0.2) is 32.0 Å². The van der Waals surface area contributed by atoms with Gasteiger partial charge in [0.2, 0.25) is 10.0 Å². The molecule has 0 bridgehead atoms. The number of hydrogen-bond donors (Lipinski definition) is 0. The maximum absolute atomic E-state index is 12.9. The molecule has 118 valence electrons. The van der Waals surface area contributed by atoms with Crippen LogP contribution in [0.4, 0.5) is 0 Å². The highest BCUT2D eigenvalue weighted by Gasteiger charge is 2.29. The number of halogens is 2. The van der Waals surface area contributed by atoms with Crippen molar-refractivity contribution in [2.75, 3.05) is 13.1 Å². The molecule has 0 N–H and O–H groups in total. The van der Waals surface area contributed by atoms with Crippen LogP contribution in [0.1, 0.15) is 39.0 Å². The molecule has 0 spiro atoms. The number of sulfonamides is 1. The molecule has 2 rings (SSSR count). The molecule has 0 radical (unpaired) electrons. The first-order valence-corrected chi connectivity index (χ1v) is 10.4. The van der Waals surface area contributed by atoms with Crippen molar-refractivity contribution in [2.45, 2.75) is 43.9 Å². The van der Waals surface area contributed by atoms with Crippen molar-refractivity contribution in [3.63, 3.8) is 0 Å². The Labute approximate surface area is 144 Å². The van der Waals surface area contributed by atoms with E-state index in [2.05, 4.69) is 38.8 Å². The summed E-state index contributed by atoms with van der Waals surface area (Å²) < 4.78 is 28.8. The van der Waals surface area contributed by atoms with Crippen LogP contribution in [-0.2, 0) is 10.0 Å². The fourth-order valence-electron chi connectivity index (χ4n) is 2.89. The second kappa shape index (κ2) is 7.57. The summed E-state index contributed by atoms with van der Waals surface area (Å²) in [6.45, 7) is 3.45. The van der Waals surface area contributed by atoms with Crippen molar-refractivity contribution in [3.05, 3.63) is 27.1 Å². The monoisotopic (exact) mass is 437 g/mol. The Balaban J connectivity index is 2.21. The molecule has 1 aliphatic heterocycles. The van der Waals surface area contributed by atoms with Gasteiger partial charge in [-0.3, -0.25) is 0 Å². The Morgan fingerprint density at radius 1 is 1.24 bits per heavy atom. The number of benzene rings is 1. The lowest BCUT2D eigenvalue weighted by Gasteiger charge is -2.21. The van der Waals surface area contributed by atoms with Crippen LogP contribution in [0.3, 0.4) is 0 Å². The zero-order chi connectivity index (χ0) is 15.5. The summed E-state index contributed by atoms with van der Waals surface area (Å²) in [6, 6.07) is 5.28. The Morgan fingerprint density at radius 2 is 2.00 bits per heavy atom. The fraction of sp³-hybridized carbons (Fsp3) is 0.600. The van der Waals surface area contributed by atoms with Crippen LogP contribution in [-0.4, -0.2) is 25.8 Å². The van der Waals surface area contributed by atoms with Gasteiger partial charge in [-0.25, -0.2) is 8.42 Å². The van der Waals surface area contributed by atoms with Crippen LogP contribution >= 0.6 is 31.9 Å². The first-order valence-electron chi connectivity index (χ1n) is 7.40. The standard InChI is InChI=1S/C15H21Br2NO2S/c1-2-4-12-5-3-9-18(10-8-12)21(19,20)15-11-13(16)6-7-14(15)17/h6-7,11-12H,2-5,8-10H2,1H3. The molecule has 0 aromatic heterocycles. The Bertz CT molecular complexity index is 589. The molecule has 1 heterocycles. The lowest BCUT2D eigenvalue weighted by atomic mass is 9.96. The molecule has 1 unspecified atom stereocenters. The summed E-state index contributed by atoms with van der Waals surface area (Å²) in [5.41, 5.74) is 0.